The molecule has 1 nitrogen and oxygen atoms in total. The van der Waals surface area contributed by atoms with Crippen LogP contribution >= 0.6 is 0 Å². The Morgan fingerprint density at radius 3 is 2.67 bits per heavy atom. The fourth-order valence-corrected chi connectivity index (χ4v) is 1.05. The first-order chi connectivity index (χ1) is 4.27. The van der Waals surface area contributed by atoms with Crippen LogP contribution in [0.5, 0.6) is 0 Å². The molecule has 0 aliphatic carbocycles. The topological polar surface area (TPSA) is 9.23 Å². The van der Waals surface area contributed by atoms with E-state index in [1.54, 1.807) is 0 Å². The molecular weight excluding hydrogens is 112 g/mol. The molecule has 0 radical (unpaired) electrons. The Bertz CT molecular complexity index is 126. The van der Waals surface area contributed by atoms with Gasteiger partial charge in [-0.2, -0.15) is 0 Å². The maximum absolute atomic E-state index is 5.38. The molecule has 1 atom stereocenters. The zero-order valence-corrected chi connectivity index (χ0v) is 5.81. The molecule has 1 aliphatic rings. The maximum atomic E-state index is 5.38. The second-order valence-corrected chi connectivity index (χ2v) is 2.68. The molecule has 1 fully saturated rings. The van der Waals surface area contributed by atoms with Gasteiger partial charge < -0.3 is 4.74 Å². The monoisotopic (exact) mass is 124 g/mol. The highest BCUT2D eigenvalue weighted by Crippen LogP contribution is 2.22. The molecule has 1 rings (SSSR count). The highest BCUT2D eigenvalue weighted by molar-refractivity contribution is 5.06. The van der Waals surface area contributed by atoms with Crippen molar-refractivity contribution < 1.29 is 4.74 Å². The molecule has 1 heteroatoms. The van der Waals surface area contributed by atoms with Crippen LogP contribution in [0, 0.1) is 12.3 Å². The lowest BCUT2D eigenvalue weighted by Gasteiger charge is -2.28. The molecule has 0 amide bonds. The van der Waals surface area contributed by atoms with Crippen LogP contribution in [0.3, 0.4) is 0 Å². The van der Waals surface area contributed by atoms with Gasteiger partial charge in [0.25, 0.3) is 0 Å². The molecular formula is C8H12O. The van der Waals surface area contributed by atoms with Crippen LogP contribution in [-0.4, -0.2) is 12.2 Å². The quantitative estimate of drug-likeness (QED) is 0.445. The highest BCUT2D eigenvalue weighted by Gasteiger charge is 2.24. The third-order valence-electron chi connectivity index (χ3n) is 1.77. The Morgan fingerprint density at radius 2 is 2.33 bits per heavy atom. The minimum atomic E-state index is -0.252. The Labute approximate surface area is 56.4 Å². The van der Waals surface area contributed by atoms with Gasteiger partial charge in [0.05, 0.1) is 0 Å². The van der Waals surface area contributed by atoms with Gasteiger partial charge >= 0.3 is 0 Å². The van der Waals surface area contributed by atoms with E-state index in [-0.39, 0.29) is 5.60 Å². The van der Waals surface area contributed by atoms with E-state index in [0.717, 1.165) is 19.4 Å². The van der Waals surface area contributed by atoms with Crippen molar-refractivity contribution in [1.29, 1.82) is 0 Å². The van der Waals surface area contributed by atoms with Crippen molar-refractivity contribution in [3.8, 4) is 12.3 Å². The van der Waals surface area contributed by atoms with Gasteiger partial charge in [0.1, 0.15) is 5.60 Å². The van der Waals surface area contributed by atoms with Gasteiger partial charge in [0.2, 0.25) is 0 Å². The second-order valence-electron chi connectivity index (χ2n) is 2.68. The average molecular weight is 124 g/mol. The van der Waals surface area contributed by atoms with Crippen LogP contribution in [0.25, 0.3) is 0 Å². The normalized spacial score (nSPS) is 35.6. The van der Waals surface area contributed by atoms with Crippen LogP contribution in [-0.2, 0) is 4.74 Å². The maximum Gasteiger partial charge on any atom is 0.125 e. The fraction of sp³-hybridized carbons (Fsp3) is 0.750. The summed E-state index contributed by atoms with van der Waals surface area (Å²) in [7, 11) is 0. The van der Waals surface area contributed by atoms with Gasteiger partial charge in [-0.15, -0.1) is 6.42 Å². The lowest BCUT2D eigenvalue weighted by Crippen LogP contribution is -2.30. The van der Waals surface area contributed by atoms with Crippen molar-refractivity contribution in [2.75, 3.05) is 6.61 Å². The first-order valence-corrected chi connectivity index (χ1v) is 3.39. The molecule has 1 aliphatic heterocycles. The van der Waals surface area contributed by atoms with Crippen molar-refractivity contribution in [3.05, 3.63) is 0 Å². The molecule has 1 unspecified atom stereocenters. The first-order valence-electron chi connectivity index (χ1n) is 3.39. The summed E-state index contributed by atoms with van der Waals surface area (Å²) in [4.78, 5) is 0. The molecule has 0 spiro atoms. The van der Waals surface area contributed by atoms with Gasteiger partial charge in [0.15, 0.2) is 0 Å². The predicted molar refractivity (Wildman–Crippen MR) is 37.0 cm³/mol. The van der Waals surface area contributed by atoms with E-state index in [9.17, 15) is 0 Å². The lowest BCUT2D eigenvalue weighted by molar-refractivity contribution is -0.0224. The third kappa shape index (κ3) is 1.46. The Kier molecular flexibility index (Phi) is 1.78. The Morgan fingerprint density at radius 1 is 1.56 bits per heavy atom. The molecule has 0 bridgehead atoms. The lowest BCUT2D eigenvalue weighted by atomic mass is 9.97. The second kappa shape index (κ2) is 2.41. The Hall–Kier alpha value is -0.480. The molecule has 9 heavy (non-hydrogen) atoms. The molecule has 50 valence electrons. The molecule has 0 aromatic rings. The van der Waals surface area contributed by atoms with Crippen LogP contribution in [0.2, 0.25) is 0 Å². The van der Waals surface area contributed by atoms with Gasteiger partial charge in [-0.3, -0.25) is 0 Å². The van der Waals surface area contributed by atoms with Crippen LogP contribution in [0.15, 0.2) is 0 Å². The molecule has 0 saturated carbocycles. The summed E-state index contributed by atoms with van der Waals surface area (Å²) in [5.41, 5.74) is -0.252. The summed E-state index contributed by atoms with van der Waals surface area (Å²) < 4.78 is 5.38. The zero-order chi connectivity index (χ0) is 6.74. The van der Waals surface area contributed by atoms with Crippen molar-refractivity contribution in [1.82, 2.24) is 0 Å². The van der Waals surface area contributed by atoms with Gasteiger partial charge in [-0.25, -0.2) is 0 Å². The standard InChI is InChI=1S/C8H12O/c1-3-8(2)6-4-5-7-9-8/h1H,4-7H2,2H3. The van der Waals surface area contributed by atoms with E-state index >= 15 is 0 Å². The summed E-state index contributed by atoms with van der Waals surface area (Å²) in [6.07, 6.45) is 8.65. The SMILES string of the molecule is C#CC1(C)CCCCO1. The number of hydrogen-bond acceptors (Lipinski definition) is 1. The Balaban J connectivity index is 2.49. The molecule has 1 saturated heterocycles. The van der Waals surface area contributed by atoms with Crippen LogP contribution in [0.1, 0.15) is 26.2 Å². The number of rotatable bonds is 0. The first kappa shape index (κ1) is 6.64. The number of terminal acetylenes is 1. The molecule has 0 N–H and O–H groups in total. The summed E-state index contributed by atoms with van der Waals surface area (Å²) in [6.45, 7) is 2.81. The van der Waals surface area contributed by atoms with E-state index in [4.69, 9.17) is 11.2 Å². The van der Waals surface area contributed by atoms with E-state index in [1.165, 1.54) is 6.42 Å². The fourth-order valence-electron chi connectivity index (χ4n) is 1.05. The van der Waals surface area contributed by atoms with Gasteiger partial charge in [0, 0.05) is 6.61 Å². The minimum absolute atomic E-state index is 0.252. The van der Waals surface area contributed by atoms with Crippen LogP contribution in [0.4, 0.5) is 0 Å². The summed E-state index contributed by atoms with van der Waals surface area (Å²) in [6, 6.07) is 0. The summed E-state index contributed by atoms with van der Waals surface area (Å²) >= 11 is 0. The van der Waals surface area contributed by atoms with E-state index in [2.05, 4.69) is 5.92 Å². The summed E-state index contributed by atoms with van der Waals surface area (Å²) in [5.74, 6) is 2.66. The minimum Gasteiger partial charge on any atom is -0.363 e. The van der Waals surface area contributed by atoms with E-state index < -0.39 is 0 Å². The molecule has 0 aromatic carbocycles. The zero-order valence-electron chi connectivity index (χ0n) is 5.81. The van der Waals surface area contributed by atoms with Crippen molar-refractivity contribution in [2.24, 2.45) is 0 Å². The highest BCUT2D eigenvalue weighted by atomic mass is 16.5. The van der Waals surface area contributed by atoms with Gasteiger partial charge in [-0.05, 0) is 26.2 Å². The van der Waals surface area contributed by atoms with E-state index in [1.807, 2.05) is 6.92 Å². The van der Waals surface area contributed by atoms with Crippen molar-refractivity contribution in [2.45, 2.75) is 31.8 Å². The van der Waals surface area contributed by atoms with E-state index in [0.29, 0.717) is 0 Å². The molecule has 0 aromatic heterocycles. The van der Waals surface area contributed by atoms with Crippen molar-refractivity contribution in [3.63, 3.8) is 0 Å². The van der Waals surface area contributed by atoms with Crippen molar-refractivity contribution >= 4 is 0 Å². The third-order valence-corrected chi connectivity index (χ3v) is 1.77. The largest absolute Gasteiger partial charge is 0.363 e. The average Bonchev–Trinajstić information content (AvgIpc) is 1.90. The van der Waals surface area contributed by atoms with Gasteiger partial charge in [-0.1, -0.05) is 5.92 Å². The number of hydrogen-bond donors (Lipinski definition) is 0. The van der Waals surface area contributed by atoms with Crippen LogP contribution < -0.4 is 0 Å². The molecule has 1 heterocycles. The number of ether oxygens (including phenoxy) is 1. The smallest absolute Gasteiger partial charge is 0.125 e. The summed E-state index contributed by atoms with van der Waals surface area (Å²) in [5, 5.41) is 0. The predicted octanol–water partition coefficient (Wildman–Crippen LogP) is 1.58.